The Morgan fingerprint density at radius 1 is 1.12 bits per heavy atom. The second-order valence-corrected chi connectivity index (χ2v) is 8.48. The number of hydrogen-bond donors (Lipinski definition) is 1. The first kappa shape index (κ1) is 22.3. The lowest BCUT2D eigenvalue weighted by Crippen LogP contribution is -2.55. The Kier molecular flexibility index (Phi) is 7.54. The summed E-state index contributed by atoms with van der Waals surface area (Å²) in [7, 11) is 1.84. The molecule has 0 bridgehead atoms. The molecule has 0 radical (unpaired) electrons. The first-order valence-electron chi connectivity index (χ1n) is 9.09. The summed E-state index contributed by atoms with van der Waals surface area (Å²) in [5.41, 5.74) is -1.89. The molecule has 1 N–H and O–H groups in total. The molecule has 0 aromatic heterocycles. The normalized spacial score (nSPS) is 15.6. The monoisotopic (exact) mass is 363 g/mol. The number of carbonyl (C=O) groups is 2. The van der Waals surface area contributed by atoms with Crippen molar-refractivity contribution in [2.45, 2.75) is 71.8 Å². The molecule has 26 heavy (non-hydrogen) atoms. The van der Waals surface area contributed by atoms with E-state index in [1.807, 2.05) is 56.1 Å². The van der Waals surface area contributed by atoms with E-state index in [0.717, 1.165) is 5.56 Å². The maximum absolute atomic E-state index is 13.1. The van der Waals surface area contributed by atoms with Crippen molar-refractivity contribution in [2.24, 2.45) is 5.92 Å². The van der Waals surface area contributed by atoms with Gasteiger partial charge in [0.15, 0.2) is 5.78 Å². The fourth-order valence-corrected chi connectivity index (χ4v) is 2.72. The zero-order valence-corrected chi connectivity index (χ0v) is 17.1. The largest absolute Gasteiger partial charge is 0.457 e. The van der Waals surface area contributed by atoms with Gasteiger partial charge in [-0.25, -0.2) is 4.79 Å². The van der Waals surface area contributed by atoms with Crippen LogP contribution < -0.4 is 0 Å². The van der Waals surface area contributed by atoms with Crippen LogP contribution >= 0.6 is 0 Å². The Morgan fingerprint density at radius 3 is 2.12 bits per heavy atom. The summed E-state index contributed by atoms with van der Waals surface area (Å²) in [6.45, 7) is 10.9. The summed E-state index contributed by atoms with van der Waals surface area (Å²) in [5, 5.41) is 10.7. The van der Waals surface area contributed by atoms with Crippen LogP contribution in [0.25, 0.3) is 0 Å². The van der Waals surface area contributed by atoms with E-state index in [9.17, 15) is 14.7 Å². The van der Waals surface area contributed by atoms with Gasteiger partial charge in [-0.15, -0.1) is 0 Å². The Balaban J connectivity index is 3.02. The van der Waals surface area contributed by atoms with Gasteiger partial charge < -0.3 is 9.84 Å². The van der Waals surface area contributed by atoms with Crippen molar-refractivity contribution < 1.29 is 19.4 Å². The van der Waals surface area contributed by atoms with Gasteiger partial charge in [-0.2, -0.15) is 0 Å². The van der Waals surface area contributed by atoms with Crippen molar-refractivity contribution in [3.63, 3.8) is 0 Å². The van der Waals surface area contributed by atoms with Crippen LogP contribution in [-0.2, 0) is 20.9 Å². The number of ketones is 1. The minimum Gasteiger partial charge on any atom is -0.457 e. The fourth-order valence-electron chi connectivity index (χ4n) is 2.72. The van der Waals surface area contributed by atoms with Crippen molar-refractivity contribution in [2.75, 3.05) is 7.05 Å². The first-order chi connectivity index (χ1) is 11.8. The molecule has 5 heteroatoms. The molecule has 5 nitrogen and oxygen atoms in total. The number of nitrogens with zero attached hydrogens (tertiary/aromatic N) is 1. The summed E-state index contributed by atoms with van der Waals surface area (Å²) < 4.78 is 5.25. The highest BCUT2D eigenvalue weighted by Gasteiger charge is 2.46. The summed E-state index contributed by atoms with van der Waals surface area (Å²) in [4.78, 5) is 27.3. The summed E-state index contributed by atoms with van der Waals surface area (Å²) >= 11 is 0. The number of hydrogen-bond acceptors (Lipinski definition) is 5. The zero-order chi connectivity index (χ0) is 20.1. The molecule has 0 aliphatic rings. The highest BCUT2D eigenvalue weighted by molar-refractivity contribution is 6.08. The Hall–Kier alpha value is -1.72. The van der Waals surface area contributed by atoms with Gasteiger partial charge in [0, 0.05) is 6.54 Å². The highest BCUT2D eigenvalue weighted by atomic mass is 16.6. The molecule has 1 aromatic carbocycles. The second kappa shape index (κ2) is 8.78. The molecular formula is C21H33NO4. The summed E-state index contributed by atoms with van der Waals surface area (Å²) in [6.07, 6.45) is 0.543. The molecule has 0 saturated heterocycles. The number of Topliss-reactive ketones (excluding diaryl/α,β-unsaturated/α-hetero) is 1. The molecule has 0 aliphatic heterocycles. The molecule has 1 rings (SSSR count). The standard InChI is InChI=1S/C21H33NO4/c1-15(2)13-17(22(7)14-16-11-9-8-10-12-16)18(23)21(6,25)19(24)26-20(3,4)5/h8-12,15,17,25H,13-14H2,1-7H3/t17-,21-/m0/s1. The lowest BCUT2D eigenvalue weighted by atomic mass is 9.88. The lowest BCUT2D eigenvalue weighted by Gasteiger charge is -2.34. The van der Waals surface area contributed by atoms with Gasteiger partial charge in [0.1, 0.15) is 5.60 Å². The van der Waals surface area contributed by atoms with Crippen molar-refractivity contribution in [3.05, 3.63) is 35.9 Å². The molecule has 1 aromatic rings. The Labute approximate surface area is 157 Å². The number of ether oxygens (including phenoxy) is 1. The third kappa shape index (κ3) is 6.54. The Bertz CT molecular complexity index is 602. The molecule has 2 atom stereocenters. The van der Waals surface area contributed by atoms with Crippen LogP contribution in [0.4, 0.5) is 0 Å². The maximum Gasteiger partial charge on any atom is 0.346 e. The molecule has 0 aliphatic carbocycles. The quantitative estimate of drug-likeness (QED) is 0.567. The molecule has 0 saturated carbocycles. The highest BCUT2D eigenvalue weighted by Crippen LogP contribution is 2.22. The predicted molar refractivity (Wildman–Crippen MR) is 103 cm³/mol. The number of benzene rings is 1. The molecule has 0 amide bonds. The van der Waals surface area contributed by atoms with Gasteiger partial charge in [0.2, 0.25) is 5.60 Å². The molecular weight excluding hydrogens is 330 g/mol. The molecule has 0 spiro atoms. The SMILES string of the molecule is CC(C)C[C@@H](C(=O)[C@](C)(O)C(=O)OC(C)(C)C)N(C)Cc1ccccc1. The number of likely N-dealkylation sites (N-methyl/N-ethyl adjacent to an activating group) is 1. The van der Waals surface area contributed by atoms with Gasteiger partial charge in [0.05, 0.1) is 6.04 Å². The van der Waals surface area contributed by atoms with Crippen molar-refractivity contribution in [1.82, 2.24) is 4.90 Å². The van der Waals surface area contributed by atoms with Gasteiger partial charge >= 0.3 is 5.97 Å². The predicted octanol–water partition coefficient (Wildman–Crippen LogP) is 3.19. The van der Waals surface area contributed by atoms with Gasteiger partial charge in [-0.05, 0) is 52.6 Å². The van der Waals surface area contributed by atoms with Crippen molar-refractivity contribution >= 4 is 11.8 Å². The van der Waals surface area contributed by atoms with Gasteiger partial charge in [0.25, 0.3) is 0 Å². The van der Waals surface area contributed by atoms with E-state index in [-0.39, 0.29) is 5.92 Å². The molecule has 0 unspecified atom stereocenters. The summed E-state index contributed by atoms with van der Waals surface area (Å²) in [6, 6.07) is 9.21. The average Bonchev–Trinajstić information content (AvgIpc) is 2.50. The Morgan fingerprint density at radius 2 is 1.65 bits per heavy atom. The van der Waals surface area contributed by atoms with E-state index >= 15 is 0 Å². The lowest BCUT2D eigenvalue weighted by molar-refractivity contribution is -0.180. The van der Waals surface area contributed by atoms with Crippen molar-refractivity contribution in [3.8, 4) is 0 Å². The van der Waals surface area contributed by atoms with E-state index in [4.69, 9.17) is 4.74 Å². The minimum atomic E-state index is -2.18. The third-order valence-electron chi connectivity index (χ3n) is 4.08. The average molecular weight is 363 g/mol. The van der Waals surface area contributed by atoms with Gasteiger partial charge in [-0.1, -0.05) is 44.2 Å². The number of rotatable bonds is 8. The van der Waals surface area contributed by atoms with E-state index < -0.39 is 29.0 Å². The van der Waals surface area contributed by atoms with E-state index in [0.29, 0.717) is 13.0 Å². The van der Waals surface area contributed by atoms with Crippen LogP contribution in [0.5, 0.6) is 0 Å². The number of esters is 1. The smallest absolute Gasteiger partial charge is 0.346 e. The third-order valence-corrected chi connectivity index (χ3v) is 4.08. The van der Waals surface area contributed by atoms with Crippen LogP contribution in [0, 0.1) is 5.92 Å². The van der Waals surface area contributed by atoms with Gasteiger partial charge in [-0.3, -0.25) is 9.69 Å². The first-order valence-corrected chi connectivity index (χ1v) is 9.09. The number of carbonyl (C=O) groups excluding carboxylic acids is 2. The van der Waals surface area contributed by atoms with Crippen LogP contribution in [0.3, 0.4) is 0 Å². The van der Waals surface area contributed by atoms with E-state index in [2.05, 4.69) is 0 Å². The molecule has 0 fully saturated rings. The van der Waals surface area contributed by atoms with Crippen LogP contribution in [0.15, 0.2) is 30.3 Å². The summed E-state index contributed by atoms with van der Waals surface area (Å²) in [5.74, 6) is -1.20. The molecule has 146 valence electrons. The van der Waals surface area contributed by atoms with Crippen LogP contribution in [0.1, 0.15) is 53.5 Å². The molecule has 0 heterocycles. The van der Waals surface area contributed by atoms with E-state index in [1.165, 1.54) is 6.92 Å². The van der Waals surface area contributed by atoms with Crippen LogP contribution in [-0.4, -0.2) is 46.1 Å². The maximum atomic E-state index is 13.1. The fraction of sp³-hybridized carbons (Fsp3) is 0.619. The van der Waals surface area contributed by atoms with Crippen molar-refractivity contribution in [1.29, 1.82) is 0 Å². The topological polar surface area (TPSA) is 66.8 Å². The number of aliphatic hydroxyl groups is 1. The van der Waals surface area contributed by atoms with E-state index in [1.54, 1.807) is 20.8 Å². The second-order valence-electron chi connectivity index (χ2n) is 8.48. The van der Waals surface area contributed by atoms with Crippen LogP contribution in [0.2, 0.25) is 0 Å². The zero-order valence-electron chi connectivity index (χ0n) is 17.1. The minimum absolute atomic E-state index is 0.233.